The maximum absolute atomic E-state index is 10.8. The van der Waals surface area contributed by atoms with Crippen molar-refractivity contribution in [2.75, 3.05) is 0 Å². The summed E-state index contributed by atoms with van der Waals surface area (Å²) in [6, 6.07) is 0. The molecular formula is CF3NOSi. The van der Waals surface area contributed by atoms with Crippen LogP contribution in [0.15, 0.2) is 4.66 Å². The average Bonchev–Trinajstić information content (AvgIpc) is 1.30. The summed E-state index contributed by atoms with van der Waals surface area (Å²) in [5.74, 6) is 0. The molecule has 0 aliphatic carbocycles. The van der Waals surface area contributed by atoms with Gasteiger partial charge in [-0.1, -0.05) is 0 Å². The summed E-state index contributed by atoms with van der Waals surface area (Å²) in [6.45, 7) is 0. The maximum Gasteiger partial charge on any atom is 0.784 e. The number of isocyanates is 1. The van der Waals surface area contributed by atoms with Crippen LogP contribution in [0.3, 0.4) is 0 Å². The van der Waals surface area contributed by atoms with Crippen molar-refractivity contribution in [3.05, 3.63) is 0 Å². The molecule has 0 radical (unpaired) electrons. The van der Waals surface area contributed by atoms with E-state index < -0.39 is 9.24 Å². The van der Waals surface area contributed by atoms with Gasteiger partial charge in [-0.25, -0.2) is 17.1 Å². The van der Waals surface area contributed by atoms with E-state index in [0.29, 0.717) is 6.08 Å². The second kappa shape index (κ2) is 1.90. The van der Waals surface area contributed by atoms with Crippen LogP contribution in [0.5, 0.6) is 0 Å². The van der Waals surface area contributed by atoms with Crippen molar-refractivity contribution in [2.24, 2.45) is 4.66 Å². The fourth-order valence-corrected chi connectivity index (χ4v) is 0.155. The molecule has 6 heteroatoms. The monoisotopic (exact) mass is 127 g/mol. The largest absolute Gasteiger partial charge is 0.784 e. The average molecular weight is 127 g/mol. The molecule has 0 aliphatic rings. The Balaban J connectivity index is 3.80. The third kappa shape index (κ3) is 5.39. The molecule has 0 bridgehead atoms. The normalized spacial score (nSPS) is 10.1. The Labute approximate surface area is 38.3 Å². The van der Waals surface area contributed by atoms with Crippen LogP contribution in [0.2, 0.25) is 0 Å². The van der Waals surface area contributed by atoms with Gasteiger partial charge in [0.25, 0.3) is 0 Å². The highest BCUT2D eigenvalue weighted by Gasteiger charge is 2.38. The van der Waals surface area contributed by atoms with Gasteiger partial charge < -0.3 is 0 Å². The van der Waals surface area contributed by atoms with Crippen LogP contribution in [-0.2, 0) is 4.79 Å². The minimum atomic E-state index is -5.96. The van der Waals surface area contributed by atoms with Crippen molar-refractivity contribution in [3.63, 3.8) is 0 Å². The Bertz CT molecular complexity index is 102. The van der Waals surface area contributed by atoms with Gasteiger partial charge in [-0.15, -0.1) is 4.66 Å². The van der Waals surface area contributed by atoms with E-state index in [2.05, 4.69) is 0 Å². The summed E-state index contributed by atoms with van der Waals surface area (Å²) in [5.41, 5.74) is 0. The number of hydrogen-bond donors (Lipinski definition) is 0. The smallest absolute Gasteiger partial charge is 0.218 e. The number of hydrogen-bond acceptors (Lipinski definition) is 2. The molecule has 0 unspecified atom stereocenters. The fraction of sp³-hybridized carbons (Fsp3) is 0. The van der Waals surface area contributed by atoms with Gasteiger partial charge >= 0.3 is 9.24 Å². The lowest BCUT2D eigenvalue weighted by molar-refractivity contribution is 0.473. The molecule has 0 amide bonds. The first-order valence-electron chi connectivity index (χ1n) is 1.22. The van der Waals surface area contributed by atoms with E-state index >= 15 is 0 Å². The van der Waals surface area contributed by atoms with E-state index in [1.165, 1.54) is 0 Å². The highest BCUT2D eigenvalue weighted by atomic mass is 28.5. The van der Waals surface area contributed by atoms with Gasteiger partial charge in [0.2, 0.25) is 6.08 Å². The summed E-state index contributed by atoms with van der Waals surface area (Å²) in [4.78, 5) is 8.84. The van der Waals surface area contributed by atoms with E-state index in [1.54, 1.807) is 4.66 Å². The molecule has 0 saturated carbocycles. The van der Waals surface area contributed by atoms with Crippen molar-refractivity contribution in [2.45, 2.75) is 0 Å². The summed E-state index contributed by atoms with van der Waals surface area (Å²) < 4.78 is 33.9. The first-order valence-corrected chi connectivity index (χ1v) is 2.80. The first kappa shape index (κ1) is 6.39. The predicted molar refractivity (Wildman–Crippen MR) is 17.2 cm³/mol. The van der Waals surface area contributed by atoms with Crippen LogP contribution in [0, 0.1) is 0 Å². The molecule has 0 aromatic carbocycles. The van der Waals surface area contributed by atoms with Gasteiger partial charge in [-0.2, -0.15) is 0 Å². The summed E-state index contributed by atoms with van der Waals surface area (Å²) in [5, 5.41) is 0. The third-order valence-electron chi connectivity index (χ3n) is 0.172. The highest BCUT2D eigenvalue weighted by molar-refractivity contribution is 6.57. The molecule has 0 aromatic rings. The molecule has 0 fully saturated rings. The fourth-order valence-electron chi connectivity index (χ4n) is 0.0518. The molecule has 0 rings (SSSR count). The Kier molecular flexibility index (Phi) is 1.73. The zero-order chi connectivity index (χ0) is 5.91. The minimum absolute atomic E-state index is 0.419. The van der Waals surface area contributed by atoms with Crippen LogP contribution in [-0.4, -0.2) is 15.3 Å². The van der Waals surface area contributed by atoms with E-state index in [-0.39, 0.29) is 0 Å². The van der Waals surface area contributed by atoms with Crippen LogP contribution in [0.25, 0.3) is 0 Å². The van der Waals surface area contributed by atoms with Gasteiger partial charge in [0.1, 0.15) is 0 Å². The molecule has 0 heterocycles. The van der Waals surface area contributed by atoms with Crippen LogP contribution >= 0.6 is 0 Å². The van der Waals surface area contributed by atoms with Gasteiger partial charge in [0.05, 0.1) is 0 Å². The molecule has 0 aliphatic heterocycles. The van der Waals surface area contributed by atoms with E-state index in [9.17, 15) is 12.3 Å². The summed E-state index contributed by atoms with van der Waals surface area (Å²) in [7, 11) is -5.96. The van der Waals surface area contributed by atoms with E-state index in [1.807, 2.05) is 0 Å². The lowest BCUT2D eigenvalue weighted by atomic mass is 11.7. The Morgan fingerprint density at radius 1 is 1.43 bits per heavy atom. The molecule has 0 aromatic heterocycles. The van der Waals surface area contributed by atoms with Crippen molar-refractivity contribution < 1.29 is 17.1 Å². The summed E-state index contributed by atoms with van der Waals surface area (Å²) in [6.07, 6.45) is 0.419. The molecular weight excluding hydrogens is 127 g/mol. The SMILES string of the molecule is O=C=N[Si](F)(F)F. The van der Waals surface area contributed by atoms with E-state index in [0.717, 1.165) is 0 Å². The maximum atomic E-state index is 10.8. The van der Waals surface area contributed by atoms with Crippen LogP contribution < -0.4 is 0 Å². The topological polar surface area (TPSA) is 29.4 Å². The van der Waals surface area contributed by atoms with Gasteiger partial charge in [-0.05, 0) is 0 Å². The van der Waals surface area contributed by atoms with Crippen LogP contribution in [0.1, 0.15) is 0 Å². The second-order valence-electron chi connectivity index (χ2n) is 0.671. The Morgan fingerprint density at radius 3 is 1.86 bits per heavy atom. The van der Waals surface area contributed by atoms with E-state index in [4.69, 9.17) is 4.79 Å². The number of nitrogens with zero attached hydrogens (tertiary/aromatic N) is 1. The van der Waals surface area contributed by atoms with Gasteiger partial charge in [-0.3, -0.25) is 0 Å². The molecule has 7 heavy (non-hydrogen) atoms. The van der Waals surface area contributed by atoms with Crippen molar-refractivity contribution in [3.8, 4) is 0 Å². The van der Waals surface area contributed by atoms with Crippen LogP contribution in [0.4, 0.5) is 12.3 Å². The Hall–Kier alpha value is -0.613. The lowest BCUT2D eigenvalue weighted by Crippen LogP contribution is -2.09. The molecule has 0 N–H and O–H groups in total. The molecule has 0 atom stereocenters. The molecule has 2 nitrogen and oxygen atoms in total. The Morgan fingerprint density at radius 2 is 1.86 bits per heavy atom. The quantitative estimate of drug-likeness (QED) is 0.220. The van der Waals surface area contributed by atoms with Gasteiger partial charge in [0.15, 0.2) is 0 Å². The highest BCUT2D eigenvalue weighted by Crippen LogP contribution is 2.06. The number of rotatable bonds is 1. The number of carbonyl (C=O) groups excluding carboxylic acids is 1. The zero-order valence-electron chi connectivity index (χ0n) is 2.99. The summed E-state index contributed by atoms with van der Waals surface area (Å²) >= 11 is 0. The predicted octanol–water partition coefficient (Wildman–Crippen LogP) is 0.666. The van der Waals surface area contributed by atoms with Crippen molar-refractivity contribution in [1.82, 2.24) is 0 Å². The lowest BCUT2D eigenvalue weighted by Gasteiger charge is -1.82. The molecule has 0 saturated heterocycles. The minimum Gasteiger partial charge on any atom is -0.218 e. The molecule has 40 valence electrons. The van der Waals surface area contributed by atoms with Crippen molar-refractivity contribution >= 4 is 15.3 Å². The first-order chi connectivity index (χ1) is 3.06. The zero-order valence-corrected chi connectivity index (χ0v) is 3.99. The number of halogens is 3. The van der Waals surface area contributed by atoms with Crippen molar-refractivity contribution in [1.29, 1.82) is 0 Å². The second-order valence-corrected chi connectivity index (χ2v) is 1.83. The molecule has 0 spiro atoms. The third-order valence-corrected chi connectivity index (χ3v) is 0.517. The standard InChI is InChI=1S/CF3NOSi/c2-7(3,4)5-1-6. The van der Waals surface area contributed by atoms with Gasteiger partial charge in [0, 0.05) is 0 Å².